The summed E-state index contributed by atoms with van der Waals surface area (Å²) in [7, 11) is 0. The van der Waals surface area contributed by atoms with Gasteiger partial charge in [0.15, 0.2) is 0 Å². The van der Waals surface area contributed by atoms with Crippen LogP contribution in [0.3, 0.4) is 0 Å². The Hall–Kier alpha value is -12.1. The van der Waals surface area contributed by atoms with Crippen molar-refractivity contribution in [3.8, 4) is 146 Å². The predicted molar refractivity (Wildman–Crippen MR) is 558 cm³/mol. The van der Waals surface area contributed by atoms with E-state index in [1.807, 2.05) is 201 Å². The molecule has 0 bridgehead atoms. The smallest absolute Gasteiger partial charge is 0.0902 e. The summed E-state index contributed by atoms with van der Waals surface area (Å²) in [5, 5.41) is 70.9. The van der Waals surface area contributed by atoms with Gasteiger partial charge in [0.2, 0.25) is 0 Å². The first kappa shape index (κ1) is 116. The molecule has 14 aromatic carbocycles. The molecule has 4 radical (unpaired) electrons. The molecule has 0 aliphatic heterocycles. The number of aliphatic hydroxyl groups is 8. The first-order chi connectivity index (χ1) is 66.3. The summed E-state index contributed by atoms with van der Waals surface area (Å²) in [4.78, 5) is 39.3. The predicted octanol–water partition coefficient (Wildman–Crippen LogP) is 25.4. The summed E-state index contributed by atoms with van der Waals surface area (Å²) in [5.74, 6) is 0. The Kier molecular flexibility index (Phi) is 50.1. The van der Waals surface area contributed by atoms with Crippen molar-refractivity contribution in [2.24, 2.45) is 0 Å². The van der Waals surface area contributed by atoms with Gasteiger partial charge in [0.25, 0.3) is 0 Å². The second-order valence-corrected chi connectivity index (χ2v) is 33.7. The van der Waals surface area contributed by atoms with Crippen LogP contribution >= 0.6 is 0 Å². The van der Waals surface area contributed by atoms with Gasteiger partial charge in [0.05, 0.1) is 100 Å². The molecule has 0 saturated carbocycles. The number of fused-ring (bicyclic) bond motifs is 1. The molecule has 20 heteroatoms. The van der Waals surface area contributed by atoms with Crippen molar-refractivity contribution in [3.05, 3.63) is 424 Å². The second kappa shape index (κ2) is 60.9. The fourth-order valence-corrected chi connectivity index (χ4v) is 14.8. The monoisotopic (exact) mass is 2580 g/mol. The van der Waals surface area contributed by atoms with E-state index in [2.05, 4.69) is 226 Å². The van der Waals surface area contributed by atoms with Crippen molar-refractivity contribution in [2.75, 3.05) is 0 Å². The van der Waals surface area contributed by atoms with Gasteiger partial charge in [-0.05, 0) is 134 Å². The quantitative estimate of drug-likeness (QED) is 0.0311. The Morgan fingerprint density at radius 1 is 0.220 bits per heavy atom. The zero-order chi connectivity index (χ0) is 97.4. The number of rotatable bonds is 21. The minimum Gasteiger partial charge on any atom is -0.393 e. The maximum Gasteiger partial charge on any atom is 0.0902 e. The third-order valence-electron chi connectivity index (χ3n) is 21.2. The van der Waals surface area contributed by atoms with Crippen molar-refractivity contribution >= 4 is 10.8 Å². The van der Waals surface area contributed by atoms with E-state index in [4.69, 9.17) is 80.7 Å². The van der Waals surface area contributed by atoms with Gasteiger partial charge >= 0.3 is 0 Å². The second-order valence-electron chi connectivity index (χ2n) is 33.7. The van der Waals surface area contributed by atoms with Gasteiger partial charge in [-0.15, -0.1) is 143 Å². The summed E-state index contributed by atoms with van der Waals surface area (Å²) in [6, 6.07) is 136. The topological polar surface area (TPSA) is 265 Å². The fraction of sp³-hybridized carbons (Fsp3) is 0.190. The summed E-state index contributed by atoms with van der Waals surface area (Å²) in [6.45, 7) is 19.4. The van der Waals surface area contributed by atoms with Gasteiger partial charge in [-0.1, -0.05) is 285 Å². The number of aryl methyl sites for hydroxylation is 3. The average molecular weight is 2580 g/mol. The molecule has 4 heterocycles. The Labute approximate surface area is 884 Å². The molecule has 8 N–H and O–H groups in total. The molecule has 141 heavy (non-hydrogen) atoms. The Bertz CT molecular complexity index is 6520. The first-order valence-corrected chi connectivity index (χ1v) is 46.1. The van der Waals surface area contributed by atoms with E-state index in [0.29, 0.717) is 25.7 Å². The number of aromatic nitrogens is 8. The maximum atomic E-state index is 8.56. The minimum absolute atomic E-state index is 0. The van der Waals surface area contributed by atoms with Crippen LogP contribution in [-0.2, 0) is 80.4 Å². The van der Waals surface area contributed by atoms with Crippen LogP contribution in [0.15, 0.2) is 383 Å². The zero-order valence-electron chi connectivity index (χ0n) is 80.8. The van der Waals surface area contributed by atoms with E-state index in [-0.39, 0.29) is 129 Å². The number of benzene rings is 14. The van der Waals surface area contributed by atoms with E-state index >= 15 is 0 Å². The Morgan fingerprint density at radius 2 is 0.496 bits per heavy atom. The molecule has 0 aliphatic rings. The Balaban J connectivity index is 0.000000232. The zero-order valence-corrected chi connectivity index (χ0v) is 90.4. The van der Waals surface area contributed by atoms with Gasteiger partial charge in [-0.25, -0.2) is 0 Å². The molecule has 18 aromatic rings. The normalized spacial score (nSPS) is 12.0. The van der Waals surface area contributed by atoms with Crippen LogP contribution in [-0.4, -0.2) is 130 Å². The first-order valence-electron chi connectivity index (χ1n) is 46.1. The Morgan fingerprint density at radius 3 is 0.851 bits per heavy atom. The van der Waals surface area contributed by atoms with Gasteiger partial charge in [-0.2, -0.15) is 0 Å². The molecule has 8 atom stereocenters. The molecule has 0 fully saturated rings. The summed E-state index contributed by atoms with van der Waals surface area (Å²) < 4.78 is 0. The molecule has 18 rings (SSSR count). The van der Waals surface area contributed by atoms with Crippen LogP contribution in [0, 0.1) is 45.0 Å². The van der Waals surface area contributed by atoms with Crippen LogP contribution in [0.4, 0.5) is 0 Å². The number of aliphatic hydroxyl groups excluding tert-OH is 8. The van der Waals surface area contributed by atoms with E-state index in [1.165, 1.54) is 33.0 Å². The molecule has 8 unspecified atom stereocenters. The van der Waals surface area contributed by atoms with Crippen molar-refractivity contribution in [1.82, 2.24) is 39.9 Å². The van der Waals surface area contributed by atoms with Crippen molar-refractivity contribution in [3.63, 3.8) is 0 Å². The molecule has 16 nitrogen and oxygen atoms in total. The van der Waals surface area contributed by atoms with Gasteiger partial charge < -0.3 is 55.8 Å². The van der Waals surface area contributed by atoms with Crippen LogP contribution in [0.25, 0.3) is 157 Å². The van der Waals surface area contributed by atoms with Gasteiger partial charge in [0.1, 0.15) is 0 Å². The summed E-state index contributed by atoms with van der Waals surface area (Å²) in [6.07, 6.45) is 4.42. The molecule has 0 amide bonds. The molecular weight excluding hydrogens is 2460 g/mol. The fourth-order valence-electron chi connectivity index (χ4n) is 14.8. The SMILES string of the molecule is CC(O)CC(C)O.CC(O)CC(C)O.CC(O)CC(C)O.CC(O)CC(C)O.Cc1c[c-]c(-c2ncc(-c3ccccc3)nc2-c2ccc(C)cc2)cc1.Cc1nc(-c2[c-]cccc2)c(-c2ccccc2)nc1-c1ccccc1.[Ir].[Ir].[Ir].[Ir].[c-]1ccccc1-c1ncc(-c2ccccc2)nc1-c1ccc(-c2ccccc2)cc1.[c-]1ccccc1-c1ncc(-c2ccccc2)nc1-c1cccc2ccccc12. The maximum absolute atomic E-state index is 8.56. The third-order valence-corrected chi connectivity index (χ3v) is 21.2. The van der Waals surface area contributed by atoms with Crippen LogP contribution in [0.1, 0.15) is 97.9 Å². The van der Waals surface area contributed by atoms with E-state index < -0.39 is 0 Å². The number of hydrogen-bond donors (Lipinski definition) is 8. The molecule has 0 spiro atoms. The van der Waals surface area contributed by atoms with Crippen molar-refractivity contribution in [2.45, 2.75) is 151 Å². The van der Waals surface area contributed by atoms with E-state index in [0.717, 1.165) is 141 Å². The van der Waals surface area contributed by atoms with E-state index in [9.17, 15) is 0 Å². The average Bonchev–Trinajstić information content (AvgIpc) is 0.789. The number of nitrogens with zero attached hydrogens (tertiary/aromatic N) is 8. The van der Waals surface area contributed by atoms with Crippen LogP contribution in [0.5, 0.6) is 0 Å². The molecule has 0 aliphatic carbocycles. The summed E-state index contributed by atoms with van der Waals surface area (Å²) in [5.41, 5.74) is 28.4. The standard InChI is InChI=1S/C28H19N2.C26H17N2.C24H19N2.C23H17N2.4C5H12O2.4Ir/c1-4-10-21(11-5-1)22-16-18-25(19-17-22)28-27(24-14-8-3-9-15-24)29-20-26(30-28)23-12-6-2-7-13-23;1-3-11-20(12-4-1)24-18-27-25(21-13-5-2-6-14-21)26(28-24)23-17-9-15-19-10-7-8-16-22(19)23;1-17-8-12-20(13-9-17)23-24(21-14-10-18(2)11-15-21)26-22(16-25-23)19-6-4-3-5-7-19;1-17-21(18-11-5-2-6-12-18)25-23(20-15-9-4-10-16-20)22(24-17)19-13-7-3-8-14-19;4*1-4(6)3-5(2)7;;;;/h1-14,16-20H;1-13,15-18H;3-12,14-16H,1-2H3;2-13,15-16H,1H3;4*4-7H,3H2,1-2H3;;;;/q4*-1;;;;;;;;. The minimum atomic E-state index is -0.375. The van der Waals surface area contributed by atoms with E-state index in [1.54, 1.807) is 55.4 Å². The molecule has 4 aromatic heterocycles. The van der Waals surface area contributed by atoms with Crippen LogP contribution < -0.4 is 0 Å². The van der Waals surface area contributed by atoms with Gasteiger partial charge in [-0.3, -0.25) is 24.9 Å². The summed E-state index contributed by atoms with van der Waals surface area (Å²) >= 11 is 0. The van der Waals surface area contributed by atoms with Gasteiger partial charge in [0, 0.05) is 150 Å². The largest absolute Gasteiger partial charge is 0.393 e. The molecule has 0 saturated heterocycles. The third kappa shape index (κ3) is 37.1. The molecule has 732 valence electrons. The number of hydrogen-bond acceptors (Lipinski definition) is 16. The van der Waals surface area contributed by atoms with Crippen molar-refractivity contribution in [1.29, 1.82) is 0 Å². The van der Waals surface area contributed by atoms with Crippen molar-refractivity contribution < 1.29 is 121 Å². The molecular formula is C121H120Ir4N8O8-4. The van der Waals surface area contributed by atoms with Crippen LogP contribution in [0.2, 0.25) is 0 Å².